The standard InChI is InChI=1S/C65H48/c1-63(2)52-22-10-7-17-42(52)45-29-25-39(34-55(45)63)38-26-32-48-51(33-38)60(41-28-31-47-44-19-9-12-24-54(44)65(5,6)57(47)36-41)62-50-21-14-16-37-15-13-20-49(58(37)50)61(62)59(48)40-27-30-46-43-18-8-11-23-53(43)64(3,4)56(46)35-40/h7-36H,1-6H3. The average Bonchev–Trinajstić information content (AvgIpc) is 3.95. The lowest BCUT2D eigenvalue weighted by Crippen LogP contribution is -2.15. The molecule has 65 heavy (non-hydrogen) atoms. The molecule has 10 aromatic carbocycles. The van der Waals surface area contributed by atoms with Crippen LogP contribution in [-0.4, -0.2) is 0 Å². The summed E-state index contributed by atoms with van der Waals surface area (Å²) in [5, 5.41) is 5.22. The minimum Gasteiger partial charge on any atom is -0.0619 e. The van der Waals surface area contributed by atoms with Crippen molar-refractivity contribution in [3.63, 3.8) is 0 Å². The third-order valence-corrected chi connectivity index (χ3v) is 16.4. The van der Waals surface area contributed by atoms with Gasteiger partial charge in [-0.1, -0.05) is 199 Å². The summed E-state index contributed by atoms with van der Waals surface area (Å²) in [6.07, 6.45) is 0. The third kappa shape index (κ3) is 4.72. The van der Waals surface area contributed by atoms with Crippen LogP contribution in [0.2, 0.25) is 0 Å². The van der Waals surface area contributed by atoms with Crippen molar-refractivity contribution in [2.45, 2.75) is 57.8 Å². The summed E-state index contributed by atoms with van der Waals surface area (Å²) >= 11 is 0. The summed E-state index contributed by atoms with van der Waals surface area (Å²) in [6.45, 7) is 14.4. The van der Waals surface area contributed by atoms with Crippen LogP contribution in [0.1, 0.15) is 74.9 Å². The fourth-order valence-electron chi connectivity index (χ4n) is 13.2. The highest BCUT2D eigenvalue weighted by Gasteiger charge is 2.39. The molecule has 0 aliphatic heterocycles. The zero-order chi connectivity index (χ0) is 43.7. The van der Waals surface area contributed by atoms with Crippen molar-refractivity contribution in [2.24, 2.45) is 0 Å². The molecule has 0 spiro atoms. The summed E-state index contributed by atoms with van der Waals surface area (Å²) in [7, 11) is 0. The van der Waals surface area contributed by atoms with E-state index in [1.54, 1.807) is 0 Å². The molecule has 308 valence electrons. The lowest BCUT2D eigenvalue weighted by atomic mass is 9.78. The van der Waals surface area contributed by atoms with Crippen LogP contribution in [0.15, 0.2) is 182 Å². The monoisotopic (exact) mass is 828 g/mol. The van der Waals surface area contributed by atoms with Gasteiger partial charge in [-0.2, -0.15) is 0 Å². The predicted octanol–water partition coefficient (Wildman–Crippen LogP) is 17.6. The van der Waals surface area contributed by atoms with Crippen LogP contribution in [0.4, 0.5) is 0 Å². The van der Waals surface area contributed by atoms with Gasteiger partial charge in [0.2, 0.25) is 0 Å². The predicted molar refractivity (Wildman–Crippen MR) is 275 cm³/mol. The second-order valence-corrected chi connectivity index (χ2v) is 20.8. The average molecular weight is 829 g/mol. The van der Waals surface area contributed by atoms with Gasteiger partial charge < -0.3 is 0 Å². The van der Waals surface area contributed by atoms with Crippen LogP contribution in [0, 0.1) is 0 Å². The minimum atomic E-state index is -0.126. The van der Waals surface area contributed by atoms with Crippen molar-refractivity contribution in [2.75, 3.05) is 0 Å². The van der Waals surface area contributed by atoms with Gasteiger partial charge in [-0.25, -0.2) is 0 Å². The second-order valence-electron chi connectivity index (χ2n) is 20.8. The van der Waals surface area contributed by atoms with Crippen molar-refractivity contribution < 1.29 is 0 Å². The molecule has 0 bridgehead atoms. The Morgan fingerprint density at radius 2 is 0.600 bits per heavy atom. The molecule has 0 radical (unpaired) electrons. The van der Waals surface area contributed by atoms with E-state index in [1.807, 2.05) is 0 Å². The van der Waals surface area contributed by atoms with E-state index in [0.29, 0.717) is 0 Å². The molecule has 0 saturated heterocycles. The van der Waals surface area contributed by atoms with E-state index in [4.69, 9.17) is 0 Å². The Hall–Kier alpha value is -7.28. The van der Waals surface area contributed by atoms with E-state index < -0.39 is 0 Å². The van der Waals surface area contributed by atoms with E-state index in [1.165, 1.54) is 144 Å². The number of fused-ring (bicyclic) bond motifs is 13. The molecule has 0 aromatic heterocycles. The van der Waals surface area contributed by atoms with Crippen LogP contribution in [0.25, 0.3) is 111 Å². The number of rotatable bonds is 3. The van der Waals surface area contributed by atoms with E-state index in [2.05, 4.69) is 224 Å². The normalized spacial score (nSPS) is 15.6. The largest absolute Gasteiger partial charge is 0.0619 e. The summed E-state index contributed by atoms with van der Waals surface area (Å²) in [6, 6.07) is 70.2. The summed E-state index contributed by atoms with van der Waals surface area (Å²) in [4.78, 5) is 0. The SMILES string of the molecule is CC1(C)c2ccccc2-c2ccc(-c3ccc4c(-c5ccc6c(c5)C(C)(C)c5ccccc5-6)c5c(c(-c6ccc7c(c6)C(C)(C)c6ccccc6-7)c4c3)-c3cccc4cccc-5c34)cc21. The van der Waals surface area contributed by atoms with E-state index >= 15 is 0 Å². The smallest absolute Gasteiger partial charge is 0.0159 e. The first-order chi connectivity index (χ1) is 31.5. The van der Waals surface area contributed by atoms with Gasteiger partial charge in [-0.3, -0.25) is 0 Å². The molecule has 0 amide bonds. The molecule has 14 rings (SSSR count). The lowest BCUT2D eigenvalue weighted by molar-refractivity contribution is 0.660. The molecular formula is C65H48. The Balaban J connectivity index is 1.09. The quantitative estimate of drug-likeness (QED) is 0.166. The summed E-state index contributed by atoms with van der Waals surface area (Å²) < 4.78 is 0. The molecule has 0 heterocycles. The van der Waals surface area contributed by atoms with Gasteiger partial charge >= 0.3 is 0 Å². The molecule has 4 aliphatic rings. The van der Waals surface area contributed by atoms with Crippen LogP contribution >= 0.6 is 0 Å². The Morgan fingerprint density at radius 3 is 1.08 bits per heavy atom. The van der Waals surface area contributed by atoms with Gasteiger partial charge in [0.1, 0.15) is 0 Å². The van der Waals surface area contributed by atoms with Crippen molar-refractivity contribution in [3.05, 3.63) is 215 Å². The van der Waals surface area contributed by atoms with Crippen molar-refractivity contribution in [1.82, 2.24) is 0 Å². The lowest BCUT2D eigenvalue weighted by Gasteiger charge is -2.25. The zero-order valence-corrected chi connectivity index (χ0v) is 37.8. The Kier molecular flexibility index (Phi) is 7.14. The zero-order valence-electron chi connectivity index (χ0n) is 37.8. The van der Waals surface area contributed by atoms with E-state index in [-0.39, 0.29) is 16.2 Å². The van der Waals surface area contributed by atoms with E-state index in [0.717, 1.165) is 0 Å². The topological polar surface area (TPSA) is 0 Å². The molecule has 0 heteroatoms. The molecule has 0 nitrogen and oxygen atoms in total. The molecule has 0 fully saturated rings. The maximum atomic E-state index is 2.55. The van der Waals surface area contributed by atoms with Crippen molar-refractivity contribution in [3.8, 4) is 89.0 Å². The van der Waals surface area contributed by atoms with Gasteiger partial charge in [0.05, 0.1) is 0 Å². The summed E-state index contributed by atoms with van der Waals surface area (Å²) in [5.74, 6) is 0. The highest BCUT2D eigenvalue weighted by molar-refractivity contribution is 6.28. The molecule has 0 atom stereocenters. The first-order valence-corrected chi connectivity index (χ1v) is 23.4. The number of hydrogen-bond donors (Lipinski definition) is 0. The van der Waals surface area contributed by atoms with Crippen LogP contribution in [-0.2, 0) is 16.2 Å². The van der Waals surface area contributed by atoms with Crippen molar-refractivity contribution in [1.29, 1.82) is 0 Å². The van der Waals surface area contributed by atoms with Crippen LogP contribution in [0.5, 0.6) is 0 Å². The van der Waals surface area contributed by atoms with Gasteiger partial charge in [0, 0.05) is 16.2 Å². The fourth-order valence-corrected chi connectivity index (χ4v) is 13.2. The highest BCUT2D eigenvalue weighted by Crippen LogP contribution is 2.60. The minimum absolute atomic E-state index is 0.0851. The highest BCUT2D eigenvalue weighted by atomic mass is 14.4. The Labute approximate surface area is 381 Å². The first kappa shape index (κ1) is 37.1. The Bertz CT molecular complexity index is 3780. The Morgan fingerprint density at radius 1 is 0.246 bits per heavy atom. The number of hydrogen-bond acceptors (Lipinski definition) is 0. The number of benzene rings is 10. The molecular weight excluding hydrogens is 781 g/mol. The molecule has 4 aliphatic carbocycles. The summed E-state index contributed by atoms with van der Waals surface area (Å²) in [5.41, 5.74) is 29.2. The maximum absolute atomic E-state index is 2.55. The molecule has 0 N–H and O–H groups in total. The van der Waals surface area contributed by atoms with Gasteiger partial charge in [-0.05, 0) is 168 Å². The fraction of sp³-hybridized carbons (Fsp3) is 0.138. The van der Waals surface area contributed by atoms with Crippen molar-refractivity contribution >= 4 is 21.5 Å². The molecule has 0 unspecified atom stereocenters. The van der Waals surface area contributed by atoms with Gasteiger partial charge in [0.25, 0.3) is 0 Å². The second kappa shape index (κ2) is 12.5. The van der Waals surface area contributed by atoms with E-state index in [9.17, 15) is 0 Å². The maximum Gasteiger partial charge on any atom is 0.0159 e. The third-order valence-electron chi connectivity index (χ3n) is 16.4. The molecule has 10 aromatic rings. The van der Waals surface area contributed by atoms with Crippen LogP contribution in [0.3, 0.4) is 0 Å². The molecule has 0 saturated carbocycles. The van der Waals surface area contributed by atoms with Gasteiger partial charge in [-0.15, -0.1) is 0 Å². The van der Waals surface area contributed by atoms with Crippen LogP contribution < -0.4 is 0 Å². The van der Waals surface area contributed by atoms with Gasteiger partial charge in [0.15, 0.2) is 0 Å². The first-order valence-electron chi connectivity index (χ1n) is 23.4.